The fourth-order valence-electron chi connectivity index (χ4n) is 4.42. The Hall–Kier alpha value is -3.53. The lowest BCUT2D eigenvalue weighted by molar-refractivity contribution is -0.150. The predicted molar refractivity (Wildman–Crippen MR) is 122 cm³/mol. The van der Waals surface area contributed by atoms with Crippen LogP contribution in [0.5, 0.6) is 5.75 Å². The van der Waals surface area contributed by atoms with Gasteiger partial charge in [0.15, 0.2) is 0 Å². The number of aliphatic hydroxyl groups excluding tert-OH is 1. The second-order valence-corrected chi connectivity index (χ2v) is 8.33. The number of anilines is 1. The van der Waals surface area contributed by atoms with Gasteiger partial charge in [-0.05, 0) is 31.4 Å². The summed E-state index contributed by atoms with van der Waals surface area (Å²) in [6.45, 7) is 2.73. The standard InChI is InChI=1S/C25H26F3NO6/c1-13-16-12-35-22(31)18(16)19(29-3)15(20(13)34-4)10-11-17(25(26,27)28)21(30)24(2,23(32)33)14-8-6-5-7-9-14/h5-9,11,21,29-30H,10,12H2,1-4H3,(H,32,33). The first kappa shape index (κ1) is 26.1. The number of carboxylic acid groups (broad SMARTS) is 1. The molecule has 3 rings (SSSR count). The molecule has 10 heteroatoms. The first-order chi connectivity index (χ1) is 16.4. The normalized spacial score (nSPS) is 16.2. The van der Waals surface area contributed by atoms with Crippen LogP contribution in [0.3, 0.4) is 0 Å². The van der Waals surface area contributed by atoms with Crippen molar-refractivity contribution in [2.45, 2.75) is 44.6 Å². The number of methoxy groups -OCH3 is 1. The van der Waals surface area contributed by atoms with Crippen LogP contribution < -0.4 is 10.1 Å². The number of aliphatic carboxylic acids is 1. The Morgan fingerprint density at radius 3 is 2.43 bits per heavy atom. The van der Waals surface area contributed by atoms with Crippen molar-refractivity contribution in [3.8, 4) is 5.75 Å². The van der Waals surface area contributed by atoms with Crippen LogP contribution >= 0.6 is 0 Å². The van der Waals surface area contributed by atoms with Gasteiger partial charge in [-0.1, -0.05) is 36.4 Å². The van der Waals surface area contributed by atoms with Gasteiger partial charge in [-0.15, -0.1) is 0 Å². The molecule has 1 heterocycles. The van der Waals surface area contributed by atoms with E-state index in [4.69, 9.17) is 9.47 Å². The topological polar surface area (TPSA) is 105 Å². The van der Waals surface area contributed by atoms with E-state index in [1.165, 1.54) is 38.4 Å². The predicted octanol–water partition coefficient (Wildman–Crippen LogP) is 4.15. The van der Waals surface area contributed by atoms with Gasteiger partial charge < -0.3 is 25.0 Å². The summed E-state index contributed by atoms with van der Waals surface area (Å²) in [6, 6.07) is 7.25. The number of carbonyl (C=O) groups excluding carboxylic acids is 1. The lowest BCUT2D eigenvalue weighted by Crippen LogP contribution is -2.47. The molecule has 0 spiro atoms. The summed E-state index contributed by atoms with van der Waals surface area (Å²) in [5, 5.41) is 23.6. The summed E-state index contributed by atoms with van der Waals surface area (Å²) >= 11 is 0. The molecule has 3 N–H and O–H groups in total. The summed E-state index contributed by atoms with van der Waals surface area (Å²) in [4.78, 5) is 24.5. The Morgan fingerprint density at radius 2 is 1.91 bits per heavy atom. The molecule has 2 aromatic carbocycles. The number of allylic oxidation sites excluding steroid dienone is 1. The largest absolute Gasteiger partial charge is 0.496 e. The van der Waals surface area contributed by atoms with E-state index in [0.29, 0.717) is 11.1 Å². The number of hydrogen-bond donors (Lipinski definition) is 3. The SMILES string of the molecule is CNc1c(CC=C(C(O)C(C)(C(=O)O)c2ccccc2)C(F)(F)F)c(OC)c(C)c2c1C(=O)OC2. The Kier molecular flexibility index (Phi) is 7.16. The molecule has 2 atom stereocenters. The second-order valence-electron chi connectivity index (χ2n) is 8.33. The van der Waals surface area contributed by atoms with E-state index in [0.717, 1.165) is 13.0 Å². The van der Waals surface area contributed by atoms with Gasteiger partial charge in [-0.2, -0.15) is 13.2 Å². The average molecular weight is 493 g/mol. The van der Waals surface area contributed by atoms with Crippen molar-refractivity contribution in [2.24, 2.45) is 0 Å². The number of rotatable bonds is 8. The molecular formula is C25H26F3NO6. The highest BCUT2D eigenvalue weighted by Gasteiger charge is 2.51. The monoisotopic (exact) mass is 493 g/mol. The van der Waals surface area contributed by atoms with E-state index < -0.39 is 41.6 Å². The lowest BCUT2D eigenvalue weighted by atomic mass is 9.74. The molecule has 1 aliphatic heterocycles. The smallest absolute Gasteiger partial charge is 0.414 e. The lowest BCUT2D eigenvalue weighted by Gasteiger charge is -2.33. The quantitative estimate of drug-likeness (QED) is 0.375. The fourth-order valence-corrected chi connectivity index (χ4v) is 4.42. The first-order valence-electron chi connectivity index (χ1n) is 10.7. The van der Waals surface area contributed by atoms with Gasteiger partial charge in [0.25, 0.3) is 0 Å². The van der Waals surface area contributed by atoms with Crippen LogP contribution in [0, 0.1) is 6.92 Å². The molecular weight excluding hydrogens is 467 g/mol. The zero-order chi connectivity index (χ0) is 26.1. The van der Waals surface area contributed by atoms with Crippen LogP contribution in [0.2, 0.25) is 0 Å². The molecule has 188 valence electrons. The van der Waals surface area contributed by atoms with Crippen LogP contribution in [0.25, 0.3) is 0 Å². The average Bonchev–Trinajstić information content (AvgIpc) is 3.20. The molecule has 0 amide bonds. The molecule has 35 heavy (non-hydrogen) atoms. The van der Waals surface area contributed by atoms with Crippen molar-refractivity contribution in [2.75, 3.05) is 19.5 Å². The molecule has 0 fully saturated rings. The van der Waals surface area contributed by atoms with E-state index in [1.54, 1.807) is 13.0 Å². The molecule has 1 aliphatic rings. The number of benzene rings is 2. The van der Waals surface area contributed by atoms with Crippen molar-refractivity contribution in [3.05, 3.63) is 69.8 Å². The minimum atomic E-state index is -5.04. The van der Waals surface area contributed by atoms with E-state index in [-0.39, 0.29) is 34.7 Å². The van der Waals surface area contributed by atoms with Crippen molar-refractivity contribution < 1.29 is 42.4 Å². The highest BCUT2D eigenvalue weighted by Crippen LogP contribution is 2.43. The van der Waals surface area contributed by atoms with Gasteiger partial charge in [0.2, 0.25) is 0 Å². The second kappa shape index (κ2) is 9.61. The number of nitrogens with one attached hydrogen (secondary N) is 1. The molecule has 2 unspecified atom stereocenters. The summed E-state index contributed by atoms with van der Waals surface area (Å²) in [7, 11) is 2.87. The van der Waals surface area contributed by atoms with E-state index in [2.05, 4.69) is 5.32 Å². The molecule has 0 saturated heterocycles. The Labute approximate surface area is 200 Å². The van der Waals surface area contributed by atoms with Crippen molar-refractivity contribution in [3.63, 3.8) is 0 Å². The molecule has 0 aromatic heterocycles. The maximum atomic E-state index is 14.2. The molecule has 0 radical (unpaired) electrons. The number of carboxylic acids is 1. The van der Waals surface area contributed by atoms with Crippen LogP contribution in [0.1, 0.15) is 39.5 Å². The van der Waals surface area contributed by atoms with Crippen molar-refractivity contribution in [1.82, 2.24) is 0 Å². The summed E-state index contributed by atoms with van der Waals surface area (Å²) < 4.78 is 53.1. The molecule has 0 aliphatic carbocycles. The number of hydrogen-bond acceptors (Lipinski definition) is 6. The van der Waals surface area contributed by atoms with Crippen molar-refractivity contribution >= 4 is 17.6 Å². The van der Waals surface area contributed by atoms with Gasteiger partial charge in [0, 0.05) is 18.2 Å². The number of alkyl halides is 3. The third kappa shape index (κ3) is 4.45. The minimum Gasteiger partial charge on any atom is -0.496 e. The van der Waals surface area contributed by atoms with Gasteiger partial charge >= 0.3 is 18.1 Å². The molecule has 0 saturated carbocycles. The maximum absolute atomic E-state index is 14.2. The Bertz CT molecular complexity index is 1180. The number of cyclic esters (lactones) is 1. The van der Waals surface area contributed by atoms with Crippen LogP contribution in [-0.4, -0.2) is 48.6 Å². The third-order valence-corrected chi connectivity index (χ3v) is 6.44. The third-order valence-electron chi connectivity index (χ3n) is 6.44. The summed E-state index contributed by atoms with van der Waals surface area (Å²) in [5.74, 6) is -1.96. The maximum Gasteiger partial charge on any atom is 0.414 e. The van der Waals surface area contributed by atoms with Crippen LogP contribution in [0.4, 0.5) is 18.9 Å². The number of halogens is 3. The first-order valence-corrected chi connectivity index (χ1v) is 10.7. The van der Waals surface area contributed by atoms with E-state index >= 15 is 0 Å². The number of fused-ring (bicyclic) bond motifs is 1. The zero-order valence-corrected chi connectivity index (χ0v) is 19.6. The van der Waals surface area contributed by atoms with Gasteiger partial charge in [-0.3, -0.25) is 4.79 Å². The van der Waals surface area contributed by atoms with Gasteiger partial charge in [0.1, 0.15) is 23.9 Å². The highest BCUT2D eigenvalue weighted by atomic mass is 19.4. The van der Waals surface area contributed by atoms with Gasteiger partial charge in [0.05, 0.1) is 23.9 Å². The van der Waals surface area contributed by atoms with Gasteiger partial charge in [-0.25, -0.2) is 4.79 Å². The summed E-state index contributed by atoms with van der Waals surface area (Å²) in [6.07, 6.45) is -7.13. The molecule has 7 nitrogen and oxygen atoms in total. The Balaban J connectivity index is 2.18. The van der Waals surface area contributed by atoms with E-state index in [1.807, 2.05) is 0 Å². The number of esters is 1. The number of aliphatic hydroxyl groups is 1. The Morgan fingerprint density at radius 1 is 1.29 bits per heavy atom. The molecule has 0 bridgehead atoms. The fraction of sp³-hybridized carbons (Fsp3) is 0.360. The van der Waals surface area contributed by atoms with E-state index in [9.17, 15) is 33.0 Å². The van der Waals surface area contributed by atoms with Crippen LogP contribution in [-0.2, 0) is 28.0 Å². The zero-order valence-electron chi connectivity index (χ0n) is 19.6. The summed E-state index contributed by atoms with van der Waals surface area (Å²) in [5.41, 5.74) is -1.86. The highest BCUT2D eigenvalue weighted by molar-refractivity contribution is 6.01. The molecule has 2 aromatic rings. The number of carbonyl (C=O) groups is 2. The number of ether oxygens (including phenoxy) is 2. The minimum absolute atomic E-state index is 0.0137. The van der Waals surface area contributed by atoms with Crippen molar-refractivity contribution in [1.29, 1.82) is 0 Å². The van der Waals surface area contributed by atoms with Crippen LogP contribution in [0.15, 0.2) is 42.0 Å².